The molecule has 1 unspecified atom stereocenters. The first kappa shape index (κ1) is 18.8. The number of ether oxygens (including phenoxy) is 1. The first-order valence-electron chi connectivity index (χ1n) is 8.01. The maximum Gasteiger partial charge on any atom is 0.747 e. The Labute approximate surface area is 155 Å². The Morgan fingerprint density at radius 2 is 2.00 bits per heavy atom. The van der Waals surface area contributed by atoms with Crippen LogP contribution in [0.25, 0.3) is 11.1 Å². The van der Waals surface area contributed by atoms with Gasteiger partial charge >= 0.3 is 20.2 Å². The monoisotopic (exact) mass is 390 g/mol. The van der Waals surface area contributed by atoms with Gasteiger partial charge in [-0.25, -0.2) is 9.32 Å². The number of aromatic nitrogens is 1. The highest BCUT2D eigenvalue weighted by atomic mass is 31.1. The molecule has 2 aromatic heterocycles. The van der Waals surface area contributed by atoms with Gasteiger partial charge in [-0.15, -0.1) is 4.89 Å². The molecule has 0 saturated heterocycles. The van der Waals surface area contributed by atoms with Crippen molar-refractivity contribution in [3.05, 3.63) is 53.9 Å². The second kappa shape index (κ2) is 7.34. The van der Waals surface area contributed by atoms with Crippen LogP contribution in [0.4, 0.5) is 0 Å². The lowest BCUT2D eigenvalue weighted by atomic mass is 9.81. The van der Waals surface area contributed by atoms with Gasteiger partial charge in [0.25, 0.3) is 0 Å². The number of carbonyl (C=O) groups is 2. The number of H-pyrrole nitrogens is 1. The smallest absolute Gasteiger partial charge is 0.463 e. The summed E-state index contributed by atoms with van der Waals surface area (Å²) >= 11 is 0. The zero-order valence-electron chi connectivity index (χ0n) is 14.6. The number of fused-ring (bicyclic) bond motifs is 1. The van der Waals surface area contributed by atoms with Gasteiger partial charge < -0.3 is 14.1 Å². The van der Waals surface area contributed by atoms with Crippen LogP contribution >= 0.6 is 8.25 Å². The van der Waals surface area contributed by atoms with E-state index in [9.17, 15) is 14.2 Å². The normalized spacial score (nSPS) is 12.0. The van der Waals surface area contributed by atoms with Crippen molar-refractivity contribution in [3.8, 4) is 5.75 Å². The van der Waals surface area contributed by atoms with Crippen LogP contribution in [0.1, 0.15) is 36.3 Å². The molecule has 0 fully saturated rings. The second-order valence-electron chi connectivity index (χ2n) is 6.53. The molecule has 0 amide bonds. The Balaban J connectivity index is 1.71. The Kier molecular flexibility index (Phi) is 5.12. The zero-order chi connectivity index (χ0) is 19.6. The second-order valence-corrected chi connectivity index (χ2v) is 7.19. The molecule has 0 aliphatic heterocycles. The summed E-state index contributed by atoms with van der Waals surface area (Å²) in [5, 5.41) is 0. The molecule has 0 aliphatic carbocycles. The van der Waals surface area contributed by atoms with Crippen LogP contribution in [0.2, 0.25) is 0 Å². The molecule has 1 aromatic carbocycles. The lowest BCUT2D eigenvalue weighted by Gasteiger charge is -2.24. The minimum absolute atomic E-state index is 0.108. The average molecular weight is 390 g/mol. The molecule has 0 bridgehead atoms. The van der Waals surface area contributed by atoms with Crippen LogP contribution < -0.4 is 4.52 Å². The molecule has 1 atom stereocenters. The van der Waals surface area contributed by atoms with Gasteiger partial charge in [0.1, 0.15) is 5.69 Å². The van der Waals surface area contributed by atoms with E-state index in [1.807, 2.05) is 0 Å². The molecule has 0 aliphatic rings. The first-order valence-corrected chi connectivity index (χ1v) is 9.14. The van der Waals surface area contributed by atoms with Crippen molar-refractivity contribution in [2.75, 3.05) is 0 Å². The molecular formula is C18H17NO7P+. The number of carbonyl (C=O) groups excluding carboxylic acids is 2. The van der Waals surface area contributed by atoms with Crippen molar-refractivity contribution in [3.63, 3.8) is 0 Å². The summed E-state index contributed by atoms with van der Waals surface area (Å²) in [6.45, 7) is 3.49. The topological polar surface area (TPSA) is 119 Å². The summed E-state index contributed by atoms with van der Waals surface area (Å²) in [4.78, 5) is 36.2. The number of aromatic amines is 1. The third kappa shape index (κ3) is 4.24. The van der Waals surface area contributed by atoms with Crippen LogP contribution in [0, 0.1) is 0 Å². The third-order valence-electron chi connectivity index (χ3n) is 4.05. The van der Waals surface area contributed by atoms with Gasteiger partial charge in [0.15, 0.2) is 11.3 Å². The van der Waals surface area contributed by atoms with E-state index in [0.717, 1.165) is 0 Å². The molecule has 0 saturated carbocycles. The van der Waals surface area contributed by atoms with Crippen molar-refractivity contribution >= 4 is 31.3 Å². The van der Waals surface area contributed by atoms with Crippen molar-refractivity contribution in [1.29, 1.82) is 0 Å². The molecule has 9 heteroatoms. The van der Waals surface area contributed by atoms with Crippen LogP contribution in [0.15, 0.2) is 47.1 Å². The largest absolute Gasteiger partial charge is 0.747 e. The number of para-hydroxylation sites is 1. The quantitative estimate of drug-likeness (QED) is 0.373. The van der Waals surface area contributed by atoms with Crippen molar-refractivity contribution in [2.24, 2.45) is 0 Å². The van der Waals surface area contributed by atoms with E-state index in [4.69, 9.17) is 18.6 Å². The van der Waals surface area contributed by atoms with Crippen LogP contribution in [-0.4, -0.2) is 21.8 Å². The predicted molar refractivity (Wildman–Crippen MR) is 95.5 cm³/mol. The van der Waals surface area contributed by atoms with E-state index in [-0.39, 0.29) is 17.9 Å². The number of esters is 2. The Morgan fingerprint density at radius 3 is 2.70 bits per heavy atom. The van der Waals surface area contributed by atoms with E-state index >= 15 is 0 Å². The molecule has 27 heavy (non-hydrogen) atoms. The maximum absolute atomic E-state index is 12.3. The van der Waals surface area contributed by atoms with Crippen LogP contribution in [0.5, 0.6) is 5.75 Å². The van der Waals surface area contributed by atoms with Gasteiger partial charge in [-0.05, 0) is 6.07 Å². The number of furan rings is 1. The van der Waals surface area contributed by atoms with Gasteiger partial charge in [-0.1, -0.05) is 32.0 Å². The van der Waals surface area contributed by atoms with Crippen molar-refractivity contribution in [1.82, 2.24) is 4.98 Å². The maximum atomic E-state index is 12.3. The summed E-state index contributed by atoms with van der Waals surface area (Å²) < 4.78 is 26.0. The van der Waals surface area contributed by atoms with Gasteiger partial charge in [0.2, 0.25) is 0 Å². The highest BCUT2D eigenvalue weighted by molar-refractivity contribution is 7.32. The fourth-order valence-electron chi connectivity index (χ4n) is 2.80. The lowest BCUT2D eigenvalue weighted by Crippen LogP contribution is -2.25. The van der Waals surface area contributed by atoms with Crippen LogP contribution in [-0.2, 0) is 19.5 Å². The molecule has 0 radical (unpaired) electrons. The van der Waals surface area contributed by atoms with Gasteiger partial charge in [-0.2, -0.15) is 0 Å². The van der Waals surface area contributed by atoms with Crippen molar-refractivity contribution < 1.29 is 32.7 Å². The summed E-state index contributed by atoms with van der Waals surface area (Å²) in [6.07, 6.45) is 1.34. The Morgan fingerprint density at radius 1 is 1.26 bits per heavy atom. The molecule has 3 aromatic rings. The van der Waals surface area contributed by atoms with Gasteiger partial charge in [0.05, 0.1) is 18.2 Å². The zero-order valence-corrected chi connectivity index (χ0v) is 15.5. The number of benzene rings is 1. The van der Waals surface area contributed by atoms with Crippen LogP contribution in [0.3, 0.4) is 0 Å². The highest BCUT2D eigenvalue weighted by Crippen LogP contribution is 2.37. The van der Waals surface area contributed by atoms with E-state index in [1.165, 1.54) is 18.4 Å². The number of hydrogen-bond acceptors (Lipinski definition) is 6. The third-order valence-corrected chi connectivity index (χ3v) is 4.40. The van der Waals surface area contributed by atoms with E-state index < -0.39 is 25.6 Å². The molecule has 0 spiro atoms. The van der Waals surface area contributed by atoms with E-state index in [1.54, 1.807) is 38.1 Å². The predicted octanol–water partition coefficient (Wildman–Crippen LogP) is 3.84. The van der Waals surface area contributed by atoms with E-state index in [0.29, 0.717) is 16.7 Å². The molecule has 8 nitrogen and oxygen atoms in total. The minimum atomic E-state index is -2.84. The van der Waals surface area contributed by atoms with Crippen molar-refractivity contribution in [2.45, 2.75) is 25.7 Å². The SMILES string of the molecule is CC(C)(CC(=O)OC(=O)c1cc2occc2[nH]1)c1ccccc1O[P+](=O)O. The Bertz CT molecular complexity index is 989. The fraction of sp³-hybridized carbons (Fsp3) is 0.222. The molecule has 2 heterocycles. The number of nitrogens with one attached hydrogen (secondary N) is 1. The molecule has 2 N–H and O–H groups in total. The Hall–Kier alpha value is -2.96. The summed E-state index contributed by atoms with van der Waals surface area (Å²) in [7, 11) is -2.84. The summed E-state index contributed by atoms with van der Waals surface area (Å²) in [5.41, 5.74) is 0.960. The lowest BCUT2D eigenvalue weighted by molar-refractivity contribution is -0.139. The first-order chi connectivity index (χ1) is 12.8. The summed E-state index contributed by atoms with van der Waals surface area (Å²) in [5.74, 6) is -1.36. The number of hydrogen-bond donors (Lipinski definition) is 2. The number of rotatable bonds is 6. The minimum Gasteiger partial charge on any atom is -0.463 e. The molecule has 140 valence electrons. The fourth-order valence-corrected chi connectivity index (χ4v) is 3.13. The van der Waals surface area contributed by atoms with Gasteiger partial charge in [0, 0.05) is 27.7 Å². The molecule has 3 rings (SSSR count). The standard InChI is InChI=1S/C18H16NO7P/c1-18(2,11-5-3-4-6-14(11)26-27(22)23)10-16(20)25-17(21)13-9-15-12(19-13)7-8-24-15/h3-9H,10H2,1-2H3,(H-,19,21,22,23)/p+1. The highest BCUT2D eigenvalue weighted by Gasteiger charge is 2.32. The molecular weight excluding hydrogens is 373 g/mol. The summed E-state index contributed by atoms with van der Waals surface area (Å²) in [6, 6.07) is 9.69. The van der Waals surface area contributed by atoms with E-state index in [2.05, 4.69) is 4.98 Å². The van der Waals surface area contributed by atoms with Gasteiger partial charge in [-0.3, -0.25) is 4.79 Å². The average Bonchev–Trinajstić information content (AvgIpc) is 3.15.